The summed E-state index contributed by atoms with van der Waals surface area (Å²) >= 11 is 2.00. The second-order valence-corrected chi connectivity index (χ2v) is 7.24. The number of carbonyl (C=O) groups excluding carboxylic acids is 1. The van der Waals surface area contributed by atoms with Gasteiger partial charge in [-0.15, -0.1) is 0 Å². The van der Waals surface area contributed by atoms with Crippen LogP contribution in [-0.4, -0.2) is 44.7 Å². The Morgan fingerprint density at radius 2 is 1.81 bits per heavy atom. The van der Waals surface area contributed by atoms with Gasteiger partial charge in [-0.1, -0.05) is 12.1 Å². The van der Waals surface area contributed by atoms with E-state index >= 15 is 0 Å². The van der Waals surface area contributed by atoms with Crippen molar-refractivity contribution in [3.8, 4) is 11.5 Å². The summed E-state index contributed by atoms with van der Waals surface area (Å²) < 4.78 is 10.5. The van der Waals surface area contributed by atoms with Crippen molar-refractivity contribution in [2.45, 2.75) is 6.54 Å². The van der Waals surface area contributed by atoms with Crippen molar-refractivity contribution in [1.82, 2.24) is 5.32 Å². The van der Waals surface area contributed by atoms with Gasteiger partial charge in [0, 0.05) is 42.9 Å². The monoisotopic (exact) mass is 372 g/mol. The van der Waals surface area contributed by atoms with Crippen molar-refractivity contribution in [3.63, 3.8) is 0 Å². The van der Waals surface area contributed by atoms with Crippen LogP contribution in [0.25, 0.3) is 0 Å². The summed E-state index contributed by atoms with van der Waals surface area (Å²) in [4.78, 5) is 14.9. The molecule has 0 atom stereocenters. The Morgan fingerprint density at radius 1 is 1.08 bits per heavy atom. The first-order valence-electron chi connectivity index (χ1n) is 8.63. The van der Waals surface area contributed by atoms with Gasteiger partial charge < -0.3 is 19.7 Å². The van der Waals surface area contributed by atoms with E-state index in [0.717, 1.165) is 18.7 Å². The number of hydrogen-bond acceptors (Lipinski definition) is 5. The van der Waals surface area contributed by atoms with Crippen molar-refractivity contribution >= 4 is 23.4 Å². The third kappa shape index (κ3) is 4.43. The maximum Gasteiger partial charge on any atom is 0.255 e. The van der Waals surface area contributed by atoms with E-state index in [9.17, 15) is 4.79 Å². The van der Waals surface area contributed by atoms with Crippen LogP contribution in [0, 0.1) is 0 Å². The van der Waals surface area contributed by atoms with Crippen molar-refractivity contribution in [3.05, 3.63) is 53.6 Å². The first-order chi connectivity index (χ1) is 12.7. The van der Waals surface area contributed by atoms with Crippen molar-refractivity contribution in [2.24, 2.45) is 0 Å². The summed E-state index contributed by atoms with van der Waals surface area (Å²) in [6, 6.07) is 13.6. The molecular formula is C20H24N2O3S. The number of nitrogens with one attached hydrogen (secondary N) is 1. The molecule has 0 radical (unpaired) electrons. The molecule has 6 heteroatoms. The number of hydrogen-bond donors (Lipinski definition) is 1. The minimum atomic E-state index is -0.165. The van der Waals surface area contributed by atoms with E-state index in [2.05, 4.69) is 34.5 Å². The lowest BCUT2D eigenvalue weighted by Crippen LogP contribution is -2.32. The Bertz CT molecular complexity index is 743. The zero-order valence-electron chi connectivity index (χ0n) is 15.2. The Balaban J connectivity index is 1.60. The Morgan fingerprint density at radius 3 is 2.46 bits per heavy atom. The van der Waals surface area contributed by atoms with E-state index in [-0.39, 0.29) is 5.91 Å². The quantitative estimate of drug-likeness (QED) is 0.844. The van der Waals surface area contributed by atoms with Gasteiger partial charge in [0.1, 0.15) is 11.5 Å². The standard InChI is InChI=1S/C20H24N2O3S/c1-24-17-7-8-18(19(13-17)25-2)20(23)21-14-15-3-5-16(6-4-15)22-9-11-26-12-10-22/h3-8,13H,9-12,14H2,1-2H3,(H,21,23). The van der Waals surface area contributed by atoms with Gasteiger partial charge >= 0.3 is 0 Å². The molecular weight excluding hydrogens is 348 g/mol. The number of anilines is 1. The van der Waals surface area contributed by atoms with E-state index in [4.69, 9.17) is 9.47 Å². The van der Waals surface area contributed by atoms with Crippen molar-refractivity contribution < 1.29 is 14.3 Å². The number of ether oxygens (including phenoxy) is 2. The Labute approximate surface area is 158 Å². The zero-order chi connectivity index (χ0) is 18.4. The summed E-state index contributed by atoms with van der Waals surface area (Å²) in [6.45, 7) is 2.67. The summed E-state index contributed by atoms with van der Waals surface area (Å²) in [5, 5.41) is 2.95. The molecule has 1 aliphatic rings. The molecule has 0 aromatic heterocycles. The molecule has 1 heterocycles. The van der Waals surface area contributed by atoms with E-state index in [1.54, 1.807) is 32.4 Å². The number of methoxy groups -OCH3 is 2. The highest BCUT2D eigenvalue weighted by Crippen LogP contribution is 2.24. The van der Waals surface area contributed by atoms with E-state index < -0.39 is 0 Å². The van der Waals surface area contributed by atoms with Gasteiger partial charge in [-0.3, -0.25) is 4.79 Å². The summed E-state index contributed by atoms with van der Waals surface area (Å²) in [5.74, 6) is 3.36. The largest absolute Gasteiger partial charge is 0.497 e. The van der Waals surface area contributed by atoms with Gasteiger partial charge in [-0.2, -0.15) is 11.8 Å². The second-order valence-electron chi connectivity index (χ2n) is 6.01. The normalized spacial score (nSPS) is 14.0. The molecule has 0 bridgehead atoms. The number of carbonyl (C=O) groups is 1. The van der Waals surface area contributed by atoms with Crippen LogP contribution in [0.2, 0.25) is 0 Å². The van der Waals surface area contributed by atoms with Gasteiger partial charge in [0.15, 0.2) is 0 Å². The molecule has 1 saturated heterocycles. The van der Waals surface area contributed by atoms with Gasteiger partial charge in [-0.25, -0.2) is 0 Å². The van der Waals surface area contributed by atoms with Crippen LogP contribution < -0.4 is 19.7 Å². The molecule has 0 aliphatic carbocycles. The third-order valence-electron chi connectivity index (χ3n) is 4.42. The number of nitrogens with zero attached hydrogens (tertiary/aromatic N) is 1. The van der Waals surface area contributed by atoms with E-state index in [1.165, 1.54) is 17.2 Å². The van der Waals surface area contributed by atoms with Crippen LogP contribution >= 0.6 is 11.8 Å². The van der Waals surface area contributed by atoms with E-state index in [1.807, 2.05) is 11.8 Å². The lowest BCUT2D eigenvalue weighted by Gasteiger charge is -2.28. The van der Waals surface area contributed by atoms with Crippen LogP contribution in [0.15, 0.2) is 42.5 Å². The fraction of sp³-hybridized carbons (Fsp3) is 0.350. The Kier molecular flexibility index (Phi) is 6.28. The molecule has 1 aliphatic heterocycles. The maximum atomic E-state index is 12.5. The highest BCUT2D eigenvalue weighted by molar-refractivity contribution is 7.99. The lowest BCUT2D eigenvalue weighted by atomic mass is 10.1. The summed E-state index contributed by atoms with van der Waals surface area (Å²) in [6.07, 6.45) is 0. The van der Waals surface area contributed by atoms with E-state index in [0.29, 0.717) is 23.6 Å². The number of amides is 1. The molecule has 2 aromatic rings. The number of thioether (sulfide) groups is 1. The fourth-order valence-corrected chi connectivity index (χ4v) is 3.81. The molecule has 0 unspecified atom stereocenters. The average Bonchev–Trinajstić information content (AvgIpc) is 2.72. The number of rotatable bonds is 6. The summed E-state index contributed by atoms with van der Waals surface area (Å²) in [7, 11) is 3.13. The predicted octanol–water partition coefficient (Wildman–Crippen LogP) is 3.19. The molecule has 1 N–H and O–H groups in total. The van der Waals surface area contributed by atoms with Gasteiger partial charge in [0.05, 0.1) is 19.8 Å². The van der Waals surface area contributed by atoms with Gasteiger partial charge in [0.25, 0.3) is 5.91 Å². The minimum Gasteiger partial charge on any atom is -0.497 e. The van der Waals surface area contributed by atoms with Gasteiger partial charge in [-0.05, 0) is 29.8 Å². The third-order valence-corrected chi connectivity index (χ3v) is 5.36. The highest BCUT2D eigenvalue weighted by Gasteiger charge is 2.14. The zero-order valence-corrected chi connectivity index (χ0v) is 16.0. The molecule has 1 fully saturated rings. The molecule has 1 amide bonds. The lowest BCUT2D eigenvalue weighted by molar-refractivity contribution is 0.0948. The Hall–Kier alpha value is -2.34. The van der Waals surface area contributed by atoms with Gasteiger partial charge in [0.2, 0.25) is 0 Å². The topological polar surface area (TPSA) is 50.8 Å². The molecule has 3 rings (SSSR count). The average molecular weight is 372 g/mol. The first-order valence-corrected chi connectivity index (χ1v) is 9.78. The van der Waals surface area contributed by atoms with Crippen LogP contribution in [0.3, 0.4) is 0 Å². The summed E-state index contributed by atoms with van der Waals surface area (Å²) in [5.41, 5.74) is 2.81. The van der Waals surface area contributed by atoms with Crippen molar-refractivity contribution in [1.29, 1.82) is 0 Å². The van der Waals surface area contributed by atoms with Crippen LogP contribution in [0.1, 0.15) is 15.9 Å². The predicted molar refractivity (Wildman–Crippen MR) is 107 cm³/mol. The molecule has 0 saturated carbocycles. The van der Waals surface area contributed by atoms with Crippen LogP contribution in [0.4, 0.5) is 5.69 Å². The van der Waals surface area contributed by atoms with Crippen LogP contribution in [0.5, 0.6) is 11.5 Å². The fourth-order valence-electron chi connectivity index (χ4n) is 2.91. The van der Waals surface area contributed by atoms with Crippen molar-refractivity contribution in [2.75, 3.05) is 43.7 Å². The molecule has 5 nitrogen and oxygen atoms in total. The molecule has 2 aromatic carbocycles. The van der Waals surface area contributed by atoms with Crippen LogP contribution in [-0.2, 0) is 6.54 Å². The molecule has 0 spiro atoms. The number of benzene rings is 2. The maximum absolute atomic E-state index is 12.5. The first kappa shape index (κ1) is 18.5. The smallest absolute Gasteiger partial charge is 0.255 e. The SMILES string of the molecule is COc1ccc(C(=O)NCc2ccc(N3CCSCC3)cc2)c(OC)c1. The second kappa shape index (κ2) is 8.85. The molecule has 26 heavy (non-hydrogen) atoms. The highest BCUT2D eigenvalue weighted by atomic mass is 32.2. The molecule has 138 valence electrons. The minimum absolute atomic E-state index is 0.165.